The van der Waals surface area contributed by atoms with Gasteiger partial charge in [-0.1, -0.05) is 0 Å². The number of hydrogen-bond acceptors (Lipinski definition) is 4. The molecule has 0 aliphatic rings. The van der Waals surface area contributed by atoms with Gasteiger partial charge in [-0.25, -0.2) is 13.2 Å². The molecule has 0 unspecified atom stereocenters. The molecule has 0 fully saturated rings. The van der Waals surface area contributed by atoms with E-state index in [1.807, 2.05) is 0 Å². The zero-order valence-electron chi connectivity index (χ0n) is 9.46. The fourth-order valence-corrected chi connectivity index (χ4v) is 1.87. The maximum atomic E-state index is 12.8. The summed E-state index contributed by atoms with van der Waals surface area (Å²) in [6, 6.07) is 4.71. The fourth-order valence-electron chi connectivity index (χ4n) is 1.46. The SMILES string of the molecule is O=C(c1cnsn1)N(CC(F)F)c1ccc(F)cc1. The van der Waals surface area contributed by atoms with Crippen molar-refractivity contribution in [3.05, 3.63) is 42.0 Å². The fraction of sp³-hybridized carbons (Fsp3) is 0.182. The van der Waals surface area contributed by atoms with Crippen molar-refractivity contribution in [2.45, 2.75) is 6.43 Å². The Balaban J connectivity index is 2.30. The first-order valence-corrected chi connectivity index (χ1v) is 5.94. The van der Waals surface area contributed by atoms with E-state index in [4.69, 9.17) is 0 Å². The molecule has 0 spiro atoms. The number of hydrogen-bond donors (Lipinski definition) is 0. The maximum absolute atomic E-state index is 12.8. The van der Waals surface area contributed by atoms with Gasteiger partial charge in [0.1, 0.15) is 5.82 Å². The van der Waals surface area contributed by atoms with E-state index in [9.17, 15) is 18.0 Å². The molecule has 0 saturated heterocycles. The van der Waals surface area contributed by atoms with E-state index in [1.165, 1.54) is 18.3 Å². The Bertz CT molecular complexity index is 545. The summed E-state index contributed by atoms with van der Waals surface area (Å²) >= 11 is 0.807. The summed E-state index contributed by atoms with van der Waals surface area (Å²) in [5, 5.41) is 0. The first-order valence-electron chi connectivity index (χ1n) is 5.21. The molecule has 0 radical (unpaired) electrons. The summed E-state index contributed by atoms with van der Waals surface area (Å²) in [5.74, 6) is -1.20. The maximum Gasteiger partial charge on any atom is 0.279 e. The standard InChI is InChI=1S/C11H8F3N3OS/c12-7-1-3-8(4-2-7)17(6-10(13)14)11(18)9-5-15-19-16-9/h1-5,10H,6H2. The molecule has 2 aromatic rings. The second-order valence-corrected chi connectivity index (χ2v) is 4.13. The Hall–Kier alpha value is -1.96. The lowest BCUT2D eigenvalue weighted by Gasteiger charge is -2.21. The van der Waals surface area contributed by atoms with Crippen molar-refractivity contribution in [2.75, 3.05) is 11.4 Å². The van der Waals surface area contributed by atoms with Crippen molar-refractivity contribution in [1.82, 2.24) is 8.75 Å². The number of carbonyl (C=O) groups is 1. The summed E-state index contributed by atoms with van der Waals surface area (Å²) in [4.78, 5) is 12.9. The largest absolute Gasteiger partial charge is 0.301 e. The smallest absolute Gasteiger partial charge is 0.279 e. The van der Waals surface area contributed by atoms with Gasteiger partial charge in [0.05, 0.1) is 24.5 Å². The van der Waals surface area contributed by atoms with E-state index in [0.717, 1.165) is 28.8 Å². The Kier molecular flexibility index (Phi) is 4.10. The van der Waals surface area contributed by atoms with Crippen molar-refractivity contribution < 1.29 is 18.0 Å². The molecule has 1 heterocycles. The van der Waals surface area contributed by atoms with Gasteiger partial charge in [0.15, 0.2) is 5.69 Å². The van der Waals surface area contributed by atoms with Gasteiger partial charge in [0, 0.05) is 5.69 Å². The third-order valence-electron chi connectivity index (χ3n) is 2.28. The molecule has 1 aromatic heterocycles. The lowest BCUT2D eigenvalue weighted by atomic mass is 10.2. The van der Waals surface area contributed by atoms with Crippen LogP contribution in [0.5, 0.6) is 0 Å². The third kappa shape index (κ3) is 3.28. The van der Waals surface area contributed by atoms with Crippen LogP contribution in [0.15, 0.2) is 30.5 Å². The van der Waals surface area contributed by atoms with Gasteiger partial charge in [0.2, 0.25) is 0 Å². The first-order chi connectivity index (χ1) is 9.08. The summed E-state index contributed by atoms with van der Waals surface area (Å²) in [6.45, 7) is -0.790. The zero-order chi connectivity index (χ0) is 13.8. The Labute approximate surface area is 110 Å². The molecule has 0 aliphatic heterocycles. The number of amides is 1. The van der Waals surface area contributed by atoms with Crippen molar-refractivity contribution in [1.29, 1.82) is 0 Å². The van der Waals surface area contributed by atoms with E-state index >= 15 is 0 Å². The summed E-state index contributed by atoms with van der Waals surface area (Å²) in [7, 11) is 0. The summed E-state index contributed by atoms with van der Waals surface area (Å²) < 4.78 is 45.3. The normalized spacial score (nSPS) is 10.7. The predicted octanol–water partition coefficient (Wildman–Crippen LogP) is 2.59. The monoisotopic (exact) mass is 287 g/mol. The van der Waals surface area contributed by atoms with Crippen LogP contribution in [0.1, 0.15) is 10.5 Å². The number of anilines is 1. The molecule has 100 valence electrons. The van der Waals surface area contributed by atoms with E-state index in [1.54, 1.807) is 0 Å². The molecular formula is C11H8F3N3OS. The highest BCUT2D eigenvalue weighted by atomic mass is 32.1. The number of halogens is 3. The van der Waals surface area contributed by atoms with Gasteiger partial charge in [-0.3, -0.25) is 4.79 Å². The Morgan fingerprint density at radius 1 is 1.32 bits per heavy atom. The molecule has 8 heteroatoms. The second kappa shape index (κ2) is 5.79. The van der Waals surface area contributed by atoms with Crippen LogP contribution in [0.25, 0.3) is 0 Å². The molecule has 19 heavy (non-hydrogen) atoms. The molecular weight excluding hydrogens is 279 g/mol. The highest BCUT2D eigenvalue weighted by molar-refractivity contribution is 6.99. The van der Waals surface area contributed by atoms with E-state index in [-0.39, 0.29) is 11.4 Å². The van der Waals surface area contributed by atoms with Crippen LogP contribution in [0.2, 0.25) is 0 Å². The molecule has 4 nitrogen and oxygen atoms in total. The highest BCUT2D eigenvalue weighted by Crippen LogP contribution is 2.18. The van der Waals surface area contributed by atoms with Crippen molar-refractivity contribution >= 4 is 23.3 Å². The highest BCUT2D eigenvalue weighted by Gasteiger charge is 2.23. The van der Waals surface area contributed by atoms with E-state index in [2.05, 4.69) is 8.75 Å². The van der Waals surface area contributed by atoms with Crippen LogP contribution < -0.4 is 4.90 Å². The van der Waals surface area contributed by atoms with Gasteiger partial charge in [-0.05, 0) is 24.3 Å². The Morgan fingerprint density at radius 2 is 2.00 bits per heavy atom. The van der Waals surface area contributed by atoms with Crippen LogP contribution in [-0.2, 0) is 0 Å². The van der Waals surface area contributed by atoms with Gasteiger partial charge in [-0.2, -0.15) is 8.75 Å². The summed E-state index contributed by atoms with van der Waals surface area (Å²) in [5.41, 5.74) is 0.162. The first kappa shape index (κ1) is 13.5. The van der Waals surface area contributed by atoms with E-state index in [0.29, 0.717) is 0 Å². The minimum atomic E-state index is -2.71. The van der Waals surface area contributed by atoms with E-state index < -0.39 is 24.7 Å². The quantitative estimate of drug-likeness (QED) is 0.868. The van der Waals surface area contributed by atoms with Crippen LogP contribution in [0.3, 0.4) is 0 Å². The number of alkyl halides is 2. The molecule has 1 amide bonds. The second-order valence-electron chi connectivity index (χ2n) is 3.58. The lowest BCUT2D eigenvalue weighted by Crippen LogP contribution is -2.35. The summed E-state index contributed by atoms with van der Waals surface area (Å²) in [6.07, 6.45) is -1.50. The van der Waals surface area contributed by atoms with Crippen molar-refractivity contribution in [3.63, 3.8) is 0 Å². The van der Waals surface area contributed by atoms with Crippen LogP contribution in [0.4, 0.5) is 18.9 Å². The number of benzene rings is 1. The zero-order valence-corrected chi connectivity index (χ0v) is 10.3. The molecule has 0 N–H and O–H groups in total. The number of nitrogens with zero attached hydrogens (tertiary/aromatic N) is 3. The van der Waals surface area contributed by atoms with Gasteiger partial charge < -0.3 is 4.90 Å². The lowest BCUT2D eigenvalue weighted by molar-refractivity contribution is 0.0942. The number of aromatic nitrogens is 2. The third-order valence-corrected chi connectivity index (χ3v) is 2.76. The minimum Gasteiger partial charge on any atom is -0.301 e. The number of rotatable bonds is 4. The van der Waals surface area contributed by atoms with Gasteiger partial charge in [-0.15, -0.1) is 0 Å². The average molecular weight is 287 g/mol. The molecule has 2 rings (SSSR count). The molecule has 0 bridgehead atoms. The minimum absolute atomic E-state index is 0.0185. The average Bonchev–Trinajstić information content (AvgIpc) is 2.90. The Morgan fingerprint density at radius 3 is 2.53 bits per heavy atom. The predicted molar refractivity (Wildman–Crippen MR) is 64.0 cm³/mol. The van der Waals surface area contributed by atoms with Crippen LogP contribution in [-0.4, -0.2) is 27.6 Å². The van der Waals surface area contributed by atoms with Crippen LogP contribution in [0, 0.1) is 5.82 Å². The topological polar surface area (TPSA) is 46.1 Å². The molecule has 1 aromatic carbocycles. The van der Waals surface area contributed by atoms with Gasteiger partial charge >= 0.3 is 0 Å². The van der Waals surface area contributed by atoms with Crippen molar-refractivity contribution in [3.8, 4) is 0 Å². The molecule has 0 atom stereocenters. The molecule has 0 aliphatic carbocycles. The van der Waals surface area contributed by atoms with Crippen LogP contribution >= 0.6 is 11.7 Å². The molecule has 0 saturated carbocycles. The van der Waals surface area contributed by atoms with Gasteiger partial charge in [0.25, 0.3) is 12.3 Å². The van der Waals surface area contributed by atoms with Crippen molar-refractivity contribution in [2.24, 2.45) is 0 Å². The number of carbonyl (C=O) groups excluding carboxylic acids is 1.